The fourth-order valence-corrected chi connectivity index (χ4v) is 3.05. The Morgan fingerprint density at radius 1 is 1.46 bits per heavy atom. The minimum absolute atomic E-state index is 0.507. The molecular formula is C11H13BrO. The van der Waals surface area contributed by atoms with Gasteiger partial charge in [0.05, 0.1) is 7.11 Å². The van der Waals surface area contributed by atoms with Crippen LogP contribution in [0.3, 0.4) is 0 Å². The zero-order valence-corrected chi connectivity index (χ0v) is 9.47. The van der Waals surface area contributed by atoms with E-state index in [4.69, 9.17) is 4.74 Å². The Bertz CT molecular complexity index is 322. The largest absolute Gasteiger partial charge is 0.496 e. The second-order valence-corrected chi connectivity index (χ2v) is 4.67. The third kappa shape index (κ3) is 1.37. The highest BCUT2D eigenvalue weighted by Gasteiger charge is 2.28. The first kappa shape index (κ1) is 9.07. The molecule has 1 aliphatic rings. The van der Waals surface area contributed by atoms with E-state index in [1.807, 2.05) is 6.07 Å². The fraction of sp³-hybridized carbons (Fsp3) is 0.455. The van der Waals surface area contributed by atoms with Crippen LogP contribution >= 0.6 is 15.9 Å². The van der Waals surface area contributed by atoms with Crippen LogP contribution in [0, 0.1) is 0 Å². The number of rotatable bonds is 1. The number of hydrogen-bond acceptors (Lipinski definition) is 1. The third-order valence-corrected chi connectivity index (χ3v) is 3.58. The van der Waals surface area contributed by atoms with Crippen LogP contribution in [0.25, 0.3) is 0 Å². The van der Waals surface area contributed by atoms with Gasteiger partial charge < -0.3 is 4.74 Å². The highest BCUT2D eigenvalue weighted by Crippen LogP contribution is 2.48. The predicted octanol–water partition coefficient (Wildman–Crippen LogP) is 3.64. The van der Waals surface area contributed by atoms with Gasteiger partial charge in [-0.05, 0) is 24.0 Å². The maximum atomic E-state index is 5.35. The third-order valence-electron chi connectivity index (χ3n) is 2.71. The van der Waals surface area contributed by atoms with E-state index in [9.17, 15) is 0 Å². The Labute approximate surface area is 87.2 Å². The van der Waals surface area contributed by atoms with E-state index < -0.39 is 0 Å². The van der Waals surface area contributed by atoms with Gasteiger partial charge in [0.25, 0.3) is 0 Å². The average molecular weight is 241 g/mol. The number of fused-ring (bicyclic) bond motifs is 1. The molecule has 0 N–H and O–H groups in total. The lowest BCUT2D eigenvalue weighted by Gasteiger charge is -2.10. The summed E-state index contributed by atoms with van der Waals surface area (Å²) in [7, 11) is 1.74. The first-order valence-electron chi connectivity index (χ1n) is 4.55. The standard InChI is InChI=1S/C11H13BrO/c1-7-6-9(12)8-4-3-5-10(13-2)11(7)8/h3-5,7,9H,6H2,1-2H3. The summed E-state index contributed by atoms with van der Waals surface area (Å²) in [6, 6.07) is 6.28. The van der Waals surface area contributed by atoms with Crippen molar-refractivity contribution in [3.8, 4) is 5.75 Å². The summed E-state index contributed by atoms with van der Waals surface area (Å²) in [5.41, 5.74) is 2.78. The summed E-state index contributed by atoms with van der Waals surface area (Å²) in [5.74, 6) is 1.64. The van der Waals surface area contributed by atoms with Gasteiger partial charge in [-0.2, -0.15) is 0 Å². The summed E-state index contributed by atoms with van der Waals surface area (Å²) in [6.45, 7) is 2.25. The van der Waals surface area contributed by atoms with Crippen LogP contribution in [-0.2, 0) is 0 Å². The van der Waals surface area contributed by atoms with Crippen molar-refractivity contribution in [1.29, 1.82) is 0 Å². The van der Waals surface area contributed by atoms with Crippen molar-refractivity contribution in [2.75, 3.05) is 7.11 Å². The number of methoxy groups -OCH3 is 1. The minimum Gasteiger partial charge on any atom is -0.496 e. The number of hydrogen-bond donors (Lipinski definition) is 0. The second-order valence-electron chi connectivity index (χ2n) is 3.57. The number of benzene rings is 1. The zero-order chi connectivity index (χ0) is 9.42. The molecule has 0 aliphatic heterocycles. The average Bonchev–Trinajstić information content (AvgIpc) is 2.43. The minimum atomic E-state index is 0.507. The smallest absolute Gasteiger partial charge is 0.122 e. The molecule has 1 nitrogen and oxygen atoms in total. The van der Waals surface area contributed by atoms with Gasteiger partial charge in [0.2, 0.25) is 0 Å². The van der Waals surface area contributed by atoms with Gasteiger partial charge >= 0.3 is 0 Å². The van der Waals surface area contributed by atoms with E-state index in [0.717, 1.165) is 5.75 Å². The number of ether oxygens (including phenoxy) is 1. The Balaban J connectivity index is 2.55. The van der Waals surface area contributed by atoms with Gasteiger partial charge in [-0.3, -0.25) is 0 Å². The lowest BCUT2D eigenvalue weighted by atomic mass is 10.0. The Morgan fingerprint density at radius 2 is 2.23 bits per heavy atom. The van der Waals surface area contributed by atoms with Crippen LogP contribution in [-0.4, -0.2) is 7.11 Å². The molecule has 2 heteroatoms. The van der Waals surface area contributed by atoms with Crippen molar-refractivity contribution in [2.24, 2.45) is 0 Å². The van der Waals surface area contributed by atoms with Gasteiger partial charge in [0.15, 0.2) is 0 Å². The van der Waals surface area contributed by atoms with E-state index >= 15 is 0 Å². The summed E-state index contributed by atoms with van der Waals surface area (Å²) < 4.78 is 5.35. The van der Waals surface area contributed by atoms with E-state index in [1.165, 1.54) is 17.5 Å². The SMILES string of the molecule is COc1cccc2c1C(C)CC2Br. The number of halogens is 1. The molecule has 0 aromatic heterocycles. The van der Waals surface area contributed by atoms with Crippen LogP contribution in [0.1, 0.15) is 35.2 Å². The second kappa shape index (κ2) is 3.33. The van der Waals surface area contributed by atoms with Crippen LogP contribution in [0.2, 0.25) is 0 Å². The lowest BCUT2D eigenvalue weighted by molar-refractivity contribution is 0.407. The first-order chi connectivity index (χ1) is 6.24. The van der Waals surface area contributed by atoms with Crippen molar-refractivity contribution >= 4 is 15.9 Å². The molecule has 2 atom stereocenters. The molecule has 0 saturated heterocycles. The Morgan fingerprint density at radius 3 is 2.92 bits per heavy atom. The highest BCUT2D eigenvalue weighted by atomic mass is 79.9. The van der Waals surface area contributed by atoms with E-state index in [2.05, 4.69) is 35.0 Å². The molecule has 70 valence electrons. The highest BCUT2D eigenvalue weighted by molar-refractivity contribution is 9.09. The summed E-state index contributed by atoms with van der Waals surface area (Å²) >= 11 is 3.69. The predicted molar refractivity (Wildman–Crippen MR) is 57.7 cm³/mol. The monoisotopic (exact) mass is 240 g/mol. The maximum Gasteiger partial charge on any atom is 0.122 e. The maximum absolute atomic E-state index is 5.35. The van der Waals surface area contributed by atoms with Gasteiger partial charge in [-0.25, -0.2) is 0 Å². The van der Waals surface area contributed by atoms with E-state index in [-0.39, 0.29) is 0 Å². The molecule has 13 heavy (non-hydrogen) atoms. The van der Waals surface area contributed by atoms with Crippen LogP contribution in [0.4, 0.5) is 0 Å². The van der Waals surface area contributed by atoms with Crippen molar-refractivity contribution in [3.63, 3.8) is 0 Å². The molecule has 0 heterocycles. The summed E-state index contributed by atoms with van der Waals surface area (Å²) in [4.78, 5) is 0.507. The zero-order valence-electron chi connectivity index (χ0n) is 7.88. The first-order valence-corrected chi connectivity index (χ1v) is 5.46. The molecule has 0 bridgehead atoms. The normalized spacial score (nSPS) is 25.8. The van der Waals surface area contributed by atoms with E-state index in [0.29, 0.717) is 10.7 Å². The molecule has 0 amide bonds. The van der Waals surface area contributed by atoms with Gasteiger partial charge in [0, 0.05) is 10.4 Å². The quantitative estimate of drug-likeness (QED) is 0.682. The molecule has 0 radical (unpaired) electrons. The van der Waals surface area contributed by atoms with Crippen molar-refractivity contribution in [2.45, 2.75) is 24.1 Å². The molecule has 1 aromatic rings. The van der Waals surface area contributed by atoms with Crippen LogP contribution < -0.4 is 4.74 Å². The summed E-state index contributed by atoms with van der Waals surface area (Å²) in [6.07, 6.45) is 1.18. The molecule has 0 saturated carbocycles. The lowest BCUT2D eigenvalue weighted by Crippen LogP contribution is -1.93. The molecule has 2 rings (SSSR count). The molecule has 1 aromatic carbocycles. The van der Waals surface area contributed by atoms with Gasteiger partial charge in [-0.15, -0.1) is 0 Å². The molecule has 2 unspecified atom stereocenters. The Hall–Kier alpha value is -0.500. The Kier molecular flexibility index (Phi) is 2.33. The van der Waals surface area contributed by atoms with Crippen LogP contribution in [0.15, 0.2) is 18.2 Å². The number of alkyl halides is 1. The molecule has 0 spiro atoms. The van der Waals surface area contributed by atoms with Crippen molar-refractivity contribution < 1.29 is 4.74 Å². The molecule has 1 aliphatic carbocycles. The van der Waals surface area contributed by atoms with Crippen molar-refractivity contribution in [3.05, 3.63) is 29.3 Å². The van der Waals surface area contributed by atoms with Crippen molar-refractivity contribution in [1.82, 2.24) is 0 Å². The molecule has 0 fully saturated rings. The van der Waals surface area contributed by atoms with Gasteiger partial charge in [0.1, 0.15) is 5.75 Å². The van der Waals surface area contributed by atoms with Gasteiger partial charge in [-0.1, -0.05) is 35.0 Å². The molecular weight excluding hydrogens is 228 g/mol. The van der Waals surface area contributed by atoms with E-state index in [1.54, 1.807) is 7.11 Å². The summed E-state index contributed by atoms with van der Waals surface area (Å²) in [5, 5.41) is 0. The fourth-order valence-electron chi connectivity index (χ4n) is 2.09. The topological polar surface area (TPSA) is 9.23 Å². The van der Waals surface area contributed by atoms with Crippen LogP contribution in [0.5, 0.6) is 5.75 Å².